The maximum absolute atomic E-state index is 6.31. The van der Waals surface area contributed by atoms with Crippen molar-refractivity contribution in [1.82, 2.24) is 9.97 Å². The normalized spacial score (nSPS) is 16.7. The number of aromatic nitrogens is 2. The van der Waals surface area contributed by atoms with Gasteiger partial charge in [-0.3, -0.25) is 0 Å². The maximum Gasteiger partial charge on any atom is 0.172 e. The van der Waals surface area contributed by atoms with E-state index in [-0.39, 0.29) is 6.04 Å². The highest BCUT2D eigenvalue weighted by Crippen LogP contribution is 2.36. The van der Waals surface area contributed by atoms with Gasteiger partial charge >= 0.3 is 0 Å². The van der Waals surface area contributed by atoms with E-state index in [0.29, 0.717) is 17.6 Å². The SMILES string of the molecule is Cc1ccc2c(c1)C(Nc1nc3ccccc3nc1Cl)CCO2. The summed E-state index contributed by atoms with van der Waals surface area (Å²) in [5, 5.41) is 3.83. The van der Waals surface area contributed by atoms with E-state index in [9.17, 15) is 0 Å². The van der Waals surface area contributed by atoms with Crippen LogP contribution in [-0.2, 0) is 0 Å². The third-order valence-electron chi connectivity index (χ3n) is 4.04. The first-order valence-corrected chi connectivity index (χ1v) is 8.01. The molecular weight excluding hydrogens is 310 g/mol. The number of nitrogens with one attached hydrogen (secondary N) is 1. The number of halogens is 1. The number of benzene rings is 2. The van der Waals surface area contributed by atoms with Gasteiger partial charge in [0.1, 0.15) is 5.75 Å². The molecule has 1 aromatic heterocycles. The first-order valence-electron chi connectivity index (χ1n) is 7.63. The van der Waals surface area contributed by atoms with Crippen LogP contribution in [0, 0.1) is 6.92 Å². The Hall–Kier alpha value is -2.33. The maximum atomic E-state index is 6.31. The first-order chi connectivity index (χ1) is 11.2. The van der Waals surface area contributed by atoms with Crippen molar-refractivity contribution in [3.05, 3.63) is 58.7 Å². The molecule has 116 valence electrons. The molecule has 1 aliphatic heterocycles. The van der Waals surface area contributed by atoms with E-state index in [2.05, 4.69) is 34.3 Å². The highest BCUT2D eigenvalue weighted by molar-refractivity contribution is 6.32. The molecule has 1 atom stereocenters. The number of rotatable bonds is 2. The Labute approximate surface area is 139 Å². The Morgan fingerprint density at radius 1 is 1.13 bits per heavy atom. The Morgan fingerprint density at radius 2 is 1.91 bits per heavy atom. The molecule has 1 unspecified atom stereocenters. The molecule has 0 saturated carbocycles. The number of hydrogen-bond acceptors (Lipinski definition) is 4. The van der Waals surface area contributed by atoms with Crippen molar-refractivity contribution in [2.45, 2.75) is 19.4 Å². The molecule has 0 spiro atoms. The van der Waals surface area contributed by atoms with Crippen molar-refractivity contribution in [2.24, 2.45) is 0 Å². The number of nitrogens with zero attached hydrogens (tertiary/aromatic N) is 2. The van der Waals surface area contributed by atoms with Gasteiger partial charge < -0.3 is 10.1 Å². The molecule has 4 nitrogen and oxygen atoms in total. The van der Waals surface area contributed by atoms with Crippen LogP contribution in [-0.4, -0.2) is 16.6 Å². The molecule has 0 saturated heterocycles. The van der Waals surface area contributed by atoms with Crippen LogP contribution in [0.2, 0.25) is 5.15 Å². The molecule has 23 heavy (non-hydrogen) atoms. The fourth-order valence-corrected chi connectivity index (χ4v) is 3.09. The van der Waals surface area contributed by atoms with Crippen LogP contribution in [0.5, 0.6) is 5.75 Å². The van der Waals surface area contributed by atoms with Crippen molar-refractivity contribution >= 4 is 28.5 Å². The summed E-state index contributed by atoms with van der Waals surface area (Å²) >= 11 is 6.31. The Balaban J connectivity index is 1.72. The number of anilines is 1. The first kappa shape index (κ1) is 14.3. The molecule has 5 heteroatoms. The van der Waals surface area contributed by atoms with Crippen LogP contribution in [0.4, 0.5) is 5.82 Å². The predicted molar refractivity (Wildman–Crippen MR) is 92.2 cm³/mol. The third kappa shape index (κ3) is 2.70. The topological polar surface area (TPSA) is 47.0 Å². The van der Waals surface area contributed by atoms with Crippen LogP contribution >= 0.6 is 11.6 Å². The number of hydrogen-bond donors (Lipinski definition) is 1. The van der Waals surface area contributed by atoms with Crippen LogP contribution in [0.15, 0.2) is 42.5 Å². The van der Waals surface area contributed by atoms with Crippen molar-refractivity contribution < 1.29 is 4.74 Å². The van der Waals surface area contributed by atoms with Crippen molar-refractivity contribution in [3.63, 3.8) is 0 Å². The molecule has 1 N–H and O–H groups in total. The minimum Gasteiger partial charge on any atom is -0.493 e. The van der Waals surface area contributed by atoms with Crippen molar-refractivity contribution in [1.29, 1.82) is 0 Å². The molecule has 0 aliphatic carbocycles. The highest BCUT2D eigenvalue weighted by Gasteiger charge is 2.23. The van der Waals surface area contributed by atoms with Gasteiger partial charge in [0.15, 0.2) is 11.0 Å². The molecule has 0 fully saturated rings. The van der Waals surface area contributed by atoms with Crippen molar-refractivity contribution in [2.75, 3.05) is 11.9 Å². The van der Waals surface area contributed by atoms with Gasteiger partial charge in [0.25, 0.3) is 0 Å². The van der Waals surface area contributed by atoms with Crippen LogP contribution in [0.25, 0.3) is 11.0 Å². The standard InChI is InChI=1S/C18H16ClN3O/c1-11-6-7-16-12(10-11)13(8-9-23-16)21-18-17(19)20-14-4-2-3-5-15(14)22-18/h2-7,10,13H,8-9H2,1H3,(H,21,22). The highest BCUT2D eigenvalue weighted by atomic mass is 35.5. The summed E-state index contributed by atoms with van der Waals surface area (Å²) < 4.78 is 5.74. The lowest BCUT2D eigenvalue weighted by Crippen LogP contribution is -2.21. The smallest absolute Gasteiger partial charge is 0.172 e. The van der Waals surface area contributed by atoms with E-state index >= 15 is 0 Å². The Kier molecular flexibility index (Phi) is 3.54. The lowest BCUT2D eigenvalue weighted by molar-refractivity contribution is 0.274. The minimum absolute atomic E-state index is 0.117. The average molecular weight is 326 g/mol. The number of para-hydroxylation sites is 2. The Bertz CT molecular complexity index is 881. The van der Waals surface area contributed by atoms with Crippen LogP contribution < -0.4 is 10.1 Å². The fraction of sp³-hybridized carbons (Fsp3) is 0.222. The van der Waals surface area contributed by atoms with Crippen LogP contribution in [0.1, 0.15) is 23.6 Å². The van der Waals surface area contributed by atoms with Gasteiger partial charge in [-0.1, -0.05) is 41.4 Å². The van der Waals surface area contributed by atoms with Gasteiger partial charge in [0.05, 0.1) is 23.7 Å². The van der Waals surface area contributed by atoms with Crippen LogP contribution in [0.3, 0.4) is 0 Å². The van der Waals surface area contributed by atoms with Gasteiger partial charge in [-0.25, -0.2) is 9.97 Å². The quantitative estimate of drug-likeness (QED) is 0.752. The lowest BCUT2D eigenvalue weighted by Gasteiger charge is -2.27. The van der Waals surface area contributed by atoms with E-state index in [1.165, 1.54) is 5.56 Å². The summed E-state index contributed by atoms with van der Waals surface area (Å²) in [6.45, 7) is 2.75. The van der Waals surface area contributed by atoms with Gasteiger partial charge in [-0.2, -0.15) is 0 Å². The third-order valence-corrected chi connectivity index (χ3v) is 4.31. The molecular formula is C18H16ClN3O. The molecule has 1 aliphatic rings. The summed E-state index contributed by atoms with van der Waals surface area (Å²) in [4.78, 5) is 9.04. The summed E-state index contributed by atoms with van der Waals surface area (Å²) in [6.07, 6.45) is 0.862. The molecule has 3 aromatic rings. The minimum atomic E-state index is 0.117. The van der Waals surface area contributed by atoms with Gasteiger partial charge in [0.2, 0.25) is 0 Å². The molecule has 0 bridgehead atoms. The second-order valence-electron chi connectivity index (χ2n) is 5.73. The molecule has 2 heterocycles. The fourth-order valence-electron chi connectivity index (χ4n) is 2.90. The van der Waals surface area contributed by atoms with Crippen molar-refractivity contribution in [3.8, 4) is 5.75 Å². The van der Waals surface area contributed by atoms with Gasteiger partial charge in [-0.05, 0) is 25.1 Å². The largest absolute Gasteiger partial charge is 0.493 e. The molecule has 0 amide bonds. The second-order valence-corrected chi connectivity index (χ2v) is 6.09. The van der Waals surface area contributed by atoms with E-state index < -0.39 is 0 Å². The Morgan fingerprint density at radius 3 is 2.74 bits per heavy atom. The van der Waals surface area contributed by atoms with E-state index in [1.54, 1.807) is 0 Å². The summed E-state index contributed by atoms with van der Waals surface area (Å²) in [5.74, 6) is 1.54. The predicted octanol–water partition coefficient (Wildman–Crippen LogP) is 4.53. The van der Waals surface area contributed by atoms with E-state index in [0.717, 1.165) is 28.8 Å². The second kappa shape index (κ2) is 5.70. The molecule has 0 radical (unpaired) electrons. The number of fused-ring (bicyclic) bond motifs is 2. The van der Waals surface area contributed by atoms with E-state index in [1.807, 2.05) is 30.3 Å². The number of aryl methyl sites for hydroxylation is 1. The summed E-state index contributed by atoms with van der Waals surface area (Å²) in [6, 6.07) is 14.1. The zero-order valence-electron chi connectivity index (χ0n) is 12.7. The molecule has 2 aromatic carbocycles. The summed E-state index contributed by atoms with van der Waals surface area (Å²) in [7, 11) is 0. The van der Waals surface area contributed by atoms with E-state index in [4.69, 9.17) is 16.3 Å². The number of ether oxygens (including phenoxy) is 1. The molecule has 4 rings (SSSR count). The average Bonchev–Trinajstić information content (AvgIpc) is 2.56. The van der Waals surface area contributed by atoms with Gasteiger partial charge in [0, 0.05) is 12.0 Å². The summed E-state index contributed by atoms with van der Waals surface area (Å²) in [5.41, 5.74) is 3.97. The monoisotopic (exact) mass is 325 g/mol. The van der Waals surface area contributed by atoms with Gasteiger partial charge in [-0.15, -0.1) is 0 Å². The zero-order valence-corrected chi connectivity index (χ0v) is 13.5. The lowest BCUT2D eigenvalue weighted by atomic mass is 9.98. The zero-order chi connectivity index (χ0) is 15.8.